The van der Waals surface area contributed by atoms with Gasteiger partial charge in [0.2, 0.25) is 0 Å². The van der Waals surface area contributed by atoms with Crippen LogP contribution in [0.5, 0.6) is 0 Å². The van der Waals surface area contributed by atoms with Crippen molar-refractivity contribution in [3.05, 3.63) is 77.2 Å². The van der Waals surface area contributed by atoms with E-state index in [2.05, 4.69) is 44.6 Å². The number of hydrogen-bond acceptors (Lipinski definition) is 6. The monoisotopic (exact) mass is 459 g/mol. The molecule has 1 spiro atoms. The Morgan fingerprint density at radius 3 is 2.74 bits per heavy atom. The number of nitrogens with two attached hydrogens (primary N) is 1. The predicted octanol–water partition coefficient (Wildman–Crippen LogP) is 4.41. The minimum atomic E-state index is -0.0254. The van der Waals surface area contributed by atoms with Crippen LogP contribution in [0.1, 0.15) is 41.3 Å². The highest BCUT2D eigenvalue weighted by atomic mass is 15.2. The summed E-state index contributed by atoms with van der Waals surface area (Å²) < 4.78 is 2.17. The average molecular weight is 460 g/mol. The third-order valence-corrected chi connectivity index (χ3v) is 8.25. The number of pyridine rings is 2. The van der Waals surface area contributed by atoms with Crippen molar-refractivity contribution in [2.75, 3.05) is 18.0 Å². The van der Waals surface area contributed by atoms with Crippen molar-refractivity contribution >= 4 is 22.6 Å². The Morgan fingerprint density at radius 2 is 1.94 bits per heavy atom. The van der Waals surface area contributed by atoms with E-state index >= 15 is 0 Å². The molecule has 1 atom stereocenters. The van der Waals surface area contributed by atoms with Crippen LogP contribution in [0.4, 0.5) is 5.82 Å². The average Bonchev–Trinajstić information content (AvgIpc) is 3.56. The molecule has 0 radical (unpaired) electrons. The lowest BCUT2D eigenvalue weighted by atomic mass is 9.73. The minimum absolute atomic E-state index is 0.0254. The van der Waals surface area contributed by atoms with Crippen molar-refractivity contribution in [3.63, 3.8) is 0 Å². The minimum Gasteiger partial charge on any atom is -0.355 e. The first kappa shape index (κ1) is 20.4. The molecule has 4 aromatic heterocycles. The van der Waals surface area contributed by atoms with E-state index in [1.165, 1.54) is 5.56 Å². The summed E-state index contributed by atoms with van der Waals surface area (Å²) in [4.78, 5) is 16.7. The molecular formula is C28H25N7. The third-order valence-electron chi connectivity index (χ3n) is 8.25. The van der Waals surface area contributed by atoms with Gasteiger partial charge in [0.25, 0.3) is 0 Å². The molecule has 172 valence electrons. The zero-order chi connectivity index (χ0) is 23.7. The van der Waals surface area contributed by atoms with Crippen LogP contribution in [0.2, 0.25) is 0 Å². The van der Waals surface area contributed by atoms with Crippen molar-refractivity contribution < 1.29 is 0 Å². The lowest BCUT2D eigenvalue weighted by Crippen LogP contribution is -2.44. The molecule has 7 nitrogen and oxygen atoms in total. The molecule has 0 unspecified atom stereocenters. The largest absolute Gasteiger partial charge is 0.355 e. The van der Waals surface area contributed by atoms with Crippen LogP contribution in [-0.4, -0.2) is 32.4 Å². The first-order valence-electron chi connectivity index (χ1n) is 12.1. The molecule has 1 aliphatic heterocycles. The fourth-order valence-corrected chi connectivity index (χ4v) is 6.29. The Balaban J connectivity index is 1.20. The highest BCUT2D eigenvalue weighted by Gasteiger charge is 2.46. The maximum atomic E-state index is 9.31. The quantitative estimate of drug-likeness (QED) is 0.420. The summed E-state index contributed by atoms with van der Waals surface area (Å²) in [6.45, 7) is 3.84. The van der Waals surface area contributed by atoms with E-state index in [1.807, 2.05) is 37.5 Å². The molecule has 5 heterocycles. The maximum Gasteiger partial charge on any atom is 0.157 e. The highest BCUT2D eigenvalue weighted by Crippen LogP contribution is 2.51. The molecule has 2 aliphatic rings. The molecule has 1 aromatic carbocycles. The normalized spacial score (nSPS) is 19.0. The van der Waals surface area contributed by atoms with Crippen molar-refractivity contribution in [2.45, 2.75) is 32.2 Å². The molecule has 0 amide bonds. The van der Waals surface area contributed by atoms with Crippen LogP contribution in [0.15, 0.2) is 54.9 Å². The number of nitriles is 1. The second-order valence-corrected chi connectivity index (χ2v) is 10.0. The van der Waals surface area contributed by atoms with Gasteiger partial charge in [-0.3, -0.25) is 9.38 Å². The van der Waals surface area contributed by atoms with Gasteiger partial charge < -0.3 is 10.6 Å². The van der Waals surface area contributed by atoms with Gasteiger partial charge in [0.1, 0.15) is 16.8 Å². The molecular weight excluding hydrogens is 434 g/mol. The number of aromatic nitrogens is 4. The van der Waals surface area contributed by atoms with Crippen LogP contribution in [0.3, 0.4) is 0 Å². The van der Waals surface area contributed by atoms with Crippen LogP contribution in [-0.2, 0) is 6.42 Å². The van der Waals surface area contributed by atoms with Crippen LogP contribution in [0, 0.1) is 23.7 Å². The third kappa shape index (κ3) is 2.84. The van der Waals surface area contributed by atoms with Gasteiger partial charge in [-0.1, -0.05) is 12.1 Å². The predicted molar refractivity (Wildman–Crippen MR) is 135 cm³/mol. The van der Waals surface area contributed by atoms with Crippen molar-refractivity contribution in [1.82, 2.24) is 19.4 Å². The fourth-order valence-electron chi connectivity index (χ4n) is 6.29. The molecule has 1 fully saturated rings. The number of rotatable bonds is 2. The SMILES string of the molecule is Cc1ncccc1-c1ccc2nc(N3CCC4(CC3)Cc3ccc(C#N)cc3[C@H]4N)c3cnc1n23. The number of imidazole rings is 2. The number of benzene rings is 1. The molecule has 5 aromatic rings. The second kappa shape index (κ2) is 7.24. The Kier molecular flexibility index (Phi) is 4.21. The summed E-state index contributed by atoms with van der Waals surface area (Å²) in [5, 5.41) is 9.31. The van der Waals surface area contributed by atoms with Gasteiger partial charge in [-0.05, 0) is 73.1 Å². The number of nitrogens with zero attached hydrogens (tertiary/aromatic N) is 6. The zero-order valence-corrected chi connectivity index (χ0v) is 19.6. The summed E-state index contributed by atoms with van der Waals surface area (Å²) >= 11 is 0. The number of aryl methyl sites for hydroxylation is 1. The first-order chi connectivity index (χ1) is 17.1. The van der Waals surface area contributed by atoms with E-state index in [1.54, 1.807) is 0 Å². The van der Waals surface area contributed by atoms with E-state index in [9.17, 15) is 5.26 Å². The number of fused-ring (bicyclic) bond motifs is 1. The van der Waals surface area contributed by atoms with Gasteiger partial charge in [0.05, 0.1) is 17.8 Å². The van der Waals surface area contributed by atoms with Crippen LogP contribution < -0.4 is 10.6 Å². The van der Waals surface area contributed by atoms with E-state index < -0.39 is 0 Å². The summed E-state index contributed by atoms with van der Waals surface area (Å²) in [6.07, 6.45) is 6.76. The standard InChI is InChI=1S/C28H25N7/c1-17-20(3-2-10-31-17)21-6-7-24-33-27(23-16-32-26(21)35(23)24)34-11-8-28(9-12-34)14-19-5-4-18(15-29)13-22(19)25(28)30/h2-7,10,13,16,25H,8-9,11-12,14,30H2,1H3/t25-/m1/s1. The molecule has 7 rings (SSSR count). The summed E-state index contributed by atoms with van der Waals surface area (Å²) in [5.74, 6) is 0.998. The molecule has 7 heteroatoms. The Labute approximate surface area is 203 Å². The molecule has 1 saturated heterocycles. The lowest BCUT2D eigenvalue weighted by molar-refractivity contribution is 0.187. The van der Waals surface area contributed by atoms with Gasteiger partial charge in [-0.2, -0.15) is 5.26 Å². The highest BCUT2D eigenvalue weighted by molar-refractivity contribution is 5.88. The lowest BCUT2D eigenvalue weighted by Gasteiger charge is -2.42. The van der Waals surface area contributed by atoms with Crippen molar-refractivity contribution in [2.24, 2.45) is 11.1 Å². The van der Waals surface area contributed by atoms with Crippen LogP contribution >= 0.6 is 0 Å². The maximum absolute atomic E-state index is 9.31. The molecule has 0 saturated carbocycles. The molecule has 1 aliphatic carbocycles. The topological polar surface area (TPSA) is 96.1 Å². The van der Waals surface area contributed by atoms with Gasteiger partial charge in [0, 0.05) is 42.1 Å². The molecule has 35 heavy (non-hydrogen) atoms. The Hall–Kier alpha value is -4.02. The number of anilines is 1. The number of hydrogen-bond donors (Lipinski definition) is 1. The first-order valence-corrected chi connectivity index (χ1v) is 12.1. The van der Waals surface area contributed by atoms with Gasteiger partial charge in [-0.15, -0.1) is 0 Å². The van der Waals surface area contributed by atoms with E-state index in [4.69, 9.17) is 15.7 Å². The van der Waals surface area contributed by atoms with E-state index in [0.717, 1.165) is 77.4 Å². The van der Waals surface area contributed by atoms with Crippen molar-refractivity contribution in [3.8, 4) is 17.2 Å². The Bertz CT molecular complexity index is 1640. The fraction of sp³-hybridized carbons (Fsp3) is 0.286. The van der Waals surface area contributed by atoms with E-state index in [0.29, 0.717) is 5.56 Å². The smallest absolute Gasteiger partial charge is 0.157 e. The Morgan fingerprint density at radius 1 is 1.09 bits per heavy atom. The number of piperidine rings is 1. The summed E-state index contributed by atoms with van der Waals surface area (Å²) in [7, 11) is 0. The summed E-state index contributed by atoms with van der Waals surface area (Å²) in [5.41, 5.74) is 16.0. The second-order valence-electron chi connectivity index (χ2n) is 10.0. The van der Waals surface area contributed by atoms with Crippen molar-refractivity contribution in [1.29, 1.82) is 5.26 Å². The van der Waals surface area contributed by atoms with E-state index in [-0.39, 0.29) is 11.5 Å². The molecule has 0 bridgehead atoms. The van der Waals surface area contributed by atoms with Gasteiger partial charge >= 0.3 is 0 Å². The zero-order valence-electron chi connectivity index (χ0n) is 19.6. The summed E-state index contributed by atoms with van der Waals surface area (Å²) in [6, 6.07) is 16.5. The van der Waals surface area contributed by atoms with Gasteiger partial charge in [0.15, 0.2) is 5.82 Å². The molecule has 2 N–H and O–H groups in total. The van der Waals surface area contributed by atoms with Crippen LogP contribution in [0.25, 0.3) is 27.9 Å². The van der Waals surface area contributed by atoms with Gasteiger partial charge in [-0.25, -0.2) is 9.97 Å².